The molecule has 2 N–H and O–H groups in total. The third-order valence-corrected chi connectivity index (χ3v) is 3.94. The zero-order valence-electron chi connectivity index (χ0n) is 10.4. The predicted octanol–water partition coefficient (Wildman–Crippen LogP) is 1.45. The normalized spacial score (nSPS) is 10.8. The fourth-order valence-electron chi connectivity index (χ4n) is 1.96. The van der Waals surface area contributed by atoms with Crippen LogP contribution in [0.4, 0.5) is 5.82 Å². The van der Waals surface area contributed by atoms with Crippen LogP contribution < -0.4 is 16.2 Å². The van der Waals surface area contributed by atoms with Crippen LogP contribution in [0.3, 0.4) is 0 Å². The molecule has 0 unspecified atom stereocenters. The van der Waals surface area contributed by atoms with Crippen molar-refractivity contribution in [2.24, 2.45) is 0 Å². The molecule has 0 aliphatic rings. The summed E-state index contributed by atoms with van der Waals surface area (Å²) in [5, 5.41) is 0.556. The number of aromatic nitrogens is 2. The van der Waals surface area contributed by atoms with Crippen LogP contribution in [0.1, 0.15) is 5.56 Å². The summed E-state index contributed by atoms with van der Waals surface area (Å²) in [4.78, 5) is 28.1. The van der Waals surface area contributed by atoms with Crippen molar-refractivity contribution in [2.75, 3.05) is 5.73 Å². The van der Waals surface area contributed by atoms with Gasteiger partial charge in [0.2, 0.25) is 0 Å². The Morgan fingerprint density at radius 1 is 1.15 bits per heavy atom. The molecule has 3 rings (SSSR count). The van der Waals surface area contributed by atoms with Crippen LogP contribution >= 0.6 is 11.3 Å². The Morgan fingerprint density at radius 2 is 1.95 bits per heavy atom. The Morgan fingerprint density at radius 3 is 2.70 bits per heavy atom. The number of benzene rings is 1. The maximum absolute atomic E-state index is 12.3. The molecule has 20 heavy (non-hydrogen) atoms. The monoisotopic (exact) mass is 285 g/mol. The van der Waals surface area contributed by atoms with Gasteiger partial charge in [0.1, 0.15) is 5.82 Å². The number of hydrogen-bond acceptors (Lipinski definition) is 5. The van der Waals surface area contributed by atoms with E-state index in [1.807, 2.05) is 6.07 Å². The van der Waals surface area contributed by atoms with Crippen LogP contribution in [0.2, 0.25) is 0 Å². The van der Waals surface area contributed by atoms with Crippen molar-refractivity contribution in [1.29, 1.82) is 0 Å². The Labute approximate surface area is 117 Å². The van der Waals surface area contributed by atoms with Gasteiger partial charge in [0, 0.05) is 10.9 Å². The van der Waals surface area contributed by atoms with Gasteiger partial charge in [-0.25, -0.2) is 4.98 Å². The van der Waals surface area contributed by atoms with E-state index in [2.05, 4.69) is 4.98 Å². The highest BCUT2D eigenvalue weighted by atomic mass is 32.1. The molecule has 0 bridgehead atoms. The van der Waals surface area contributed by atoms with Crippen molar-refractivity contribution < 1.29 is 0 Å². The number of fused-ring (bicyclic) bond motifs is 1. The van der Waals surface area contributed by atoms with Crippen molar-refractivity contribution in [1.82, 2.24) is 9.55 Å². The van der Waals surface area contributed by atoms with Crippen LogP contribution in [-0.4, -0.2) is 9.55 Å². The lowest BCUT2D eigenvalue weighted by Crippen LogP contribution is -2.31. The van der Waals surface area contributed by atoms with E-state index < -0.39 is 0 Å². The molecule has 0 aliphatic carbocycles. The summed E-state index contributed by atoms with van der Waals surface area (Å²) < 4.78 is 1.93. The van der Waals surface area contributed by atoms with E-state index >= 15 is 0 Å². The Hall–Kier alpha value is -2.47. The smallest absolute Gasteiger partial charge is 0.310 e. The lowest BCUT2D eigenvalue weighted by molar-refractivity contribution is 0.750. The van der Waals surface area contributed by atoms with Gasteiger partial charge >= 0.3 is 4.87 Å². The highest BCUT2D eigenvalue weighted by Crippen LogP contribution is 2.11. The largest absolute Gasteiger partial charge is 0.384 e. The quantitative estimate of drug-likeness (QED) is 0.773. The van der Waals surface area contributed by atoms with E-state index in [0.717, 1.165) is 16.9 Å². The van der Waals surface area contributed by atoms with Gasteiger partial charge in [0.15, 0.2) is 0 Å². The summed E-state index contributed by atoms with van der Waals surface area (Å²) in [6, 6.07) is 10.5. The van der Waals surface area contributed by atoms with Crippen LogP contribution in [0, 0.1) is 0 Å². The number of nitrogen functional groups attached to an aromatic ring is 1. The first kappa shape index (κ1) is 12.6. The molecule has 100 valence electrons. The third-order valence-electron chi connectivity index (χ3n) is 2.97. The molecule has 3 aromatic rings. The van der Waals surface area contributed by atoms with Gasteiger partial charge in [-0.3, -0.25) is 14.2 Å². The van der Waals surface area contributed by atoms with E-state index in [-0.39, 0.29) is 17.0 Å². The Balaban J connectivity index is 2.14. The topological polar surface area (TPSA) is 78.0 Å². The minimum absolute atomic E-state index is 0.201. The van der Waals surface area contributed by atoms with Crippen molar-refractivity contribution in [3.05, 3.63) is 68.2 Å². The van der Waals surface area contributed by atoms with Gasteiger partial charge in [0.05, 0.1) is 11.9 Å². The summed E-state index contributed by atoms with van der Waals surface area (Å²) in [5.41, 5.74) is 6.00. The Kier molecular flexibility index (Phi) is 3.08. The van der Waals surface area contributed by atoms with Gasteiger partial charge in [0.25, 0.3) is 5.56 Å². The molecule has 0 saturated heterocycles. The van der Waals surface area contributed by atoms with Gasteiger partial charge in [-0.15, -0.1) is 0 Å². The van der Waals surface area contributed by atoms with Crippen molar-refractivity contribution >= 4 is 27.2 Å². The minimum atomic E-state index is -0.277. The average molecular weight is 285 g/mol. The molecule has 6 heteroatoms. The molecular weight excluding hydrogens is 274 g/mol. The first-order chi connectivity index (χ1) is 9.65. The first-order valence-electron chi connectivity index (χ1n) is 5.98. The zero-order valence-corrected chi connectivity index (χ0v) is 11.3. The van der Waals surface area contributed by atoms with Crippen molar-refractivity contribution in [2.45, 2.75) is 6.54 Å². The molecular formula is C14H11N3O2S. The molecule has 0 aliphatic heterocycles. The molecule has 2 heterocycles. The summed E-state index contributed by atoms with van der Waals surface area (Å²) >= 11 is 1.07. The second-order valence-electron chi connectivity index (χ2n) is 4.35. The standard InChI is InChI=1S/C14H11N3O2S/c15-12-6-5-9(7-16-12)8-17-13(18)10-3-1-2-4-11(10)20-14(17)19/h1-7H,8H2,(H2,15,16). The summed E-state index contributed by atoms with van der Waals surface area (Å²) in [5.74, 6) is 0.407. The fourth-order valence-corrected chi connectivity index (χ4v) is 2.82. The Bertz CT molecular complexity index is 881. The summed E-state index contributed by atoms with van der Waals surface area (Å²) in [6.07, 6.45) is 1.57. The second kappa shape index (κ2) is 4.90. The summed E-state index contributed by atoms with van der Waals surface area (Å²) in [6.45, 7) is 0.201. The van der Waals surface area contributed by atoms with Gasteiger partial charge < -0.3 is 5.73 Å². The molecule has 5 nitrogen and oxygen atoms in total. The van der Waals surface area contributed by atoms with E-state index in [0.29, 0.717) is 15.9 Å². The van der Waals surface area contributed by atoms with E-state index in [4.69, 9.17) is 5.73 Å². The third kappa shape index (κ3) is 2.21. The van der Waals surface area contributed by atoms with Crippen LogP contribution in [0.5, 0.6) is 0 Å². The SMILES string of the molecule is Nc1ccc(Cn2c(=O)sc3ccccc3c2=O)cn1. The molecule has 0 spiro atoms. The van der Waals surface area contributed by atoms with Gasteiger partial charge in [-0.05, 0) is 23.8 Å². The maximum Gasteiger partial charge on any atom is 0.310 e. The van der Waals surface area contributed by atoms with Gasteiger partial charge in [-0.2, -0.15) is 0 Å². The number of nitrogens with zero attached hydrogens (tertiary/aromatic N) is 2. The first-order valence-corrected chi connectivity index (χ1v) is 6.80. The molecule has 0 radical (unpaired) electrons. The zero-order chi connectivity index (χ0) is 14.1. The molecule has 0 atom stereocenters. The molecule has 2 aromatic heterocycles. The van der Waals surface area contributed by atoms with Crippen LogP contribution in [0.25, 0.3) is 10.1 Å². The number of rotatable bonds is 2. The number of pyridine rings is 1. The lowest BCUT2D eigenvalue weighted by Gasteiger charge is -2.05. The number of nitrogens with two attached hydrogens (primary N) is 1. The molecule has 0 saturated carbocycles. The summed E-state index contributed by atoms with van der Waals surface area (Å²) in [7, 11) is 0. The highest BCUT2D eigenvalue weighted by molar-refractivity contribution is 7.16. The van der Waals surface area contributed by atoms with Gasteiger partial charge in [-0.1, -0.05) is 29.5 Å². The molecule has 0 fully saturated rings. The fraction of sp³-hybridized carbons (Fsp3) is 0.0714. The van der Waals surface area contributed by atoms with Crippen LogP contribution in [0.15, 0.2) is 52.2 Å². The predicted molar refractivity (Wildman–Crippen MR) is 80.1 cm³/mol. The maximum atomic E-state index is 12.3. The van der Waals surface area contributed by atoms with E-state index in [1.165, 1.54) is 4.57 Å². The minimum Gasteiger partial charge on any atom is -0.384 e. The number of hydrogen-bond donors (Lipinski definition) is 1. The van der Waals surface area contributed by atoms with E-state index in [1.54, 1.807) is 36.5 Å². The number of anilines is 1. The van der Waals surface area contributed by atoms with Crippen molar-refractivity contribution in [3.63, 3.8) is 0 Å². The molecule has 0 amide bonds. The average Bonchev–Trinajstić information content (AvgIpc) is 2.45. The van der Waals surface area contributed by atoms with Crippen molar-refractivity contribution in [3.8, 4) is 0 Å². The highest BCUT2D eigenvalue weighted by Gasteiger charge is 2.08. The van der Waals surface area contributed by atoms with Crippen LogP contribution in [-0.2, 0) is 6.54 Å². The molecule has 1 aromatic carbocycles. The lowest BCUT2D eigenvalue weighted by atomic mass is 10.2. The second-order valence-corrected chi connectivity index (χ2v) is 5.34. The van der Waals surface area contributed by atoms with E-state index in [9.17, 15) is 9.59 Å².